The summed E-state index contributed by atoms with van der Waals surface area (Å²) in [7, 11) is -1.81. The maximum absolute atomic E-state index is 11.9. The van der Waals surface area contributed by atoms with Crippen LogP contribution in [-0.4, -0.2) is 26.4 Å². The van der Waals surface area contributed by atoms with Crippen molar-refractivity contribution in [3.05, 3.63) is 27.3 Å². The molecule has 0 heterocycles. The summed E-state index contributed by atoms with van der Waals surface area (Å²) >= 11 is 2.22. The number of nitrogens with two attached hydrogens (primary N) is 1. The molecule has 2 amide bonds. The molecule has 0 spiro atoms. The van der Waals surface area contributed by atoms with Gasteiger partial charge in [0.2, 0.25) is 0 Å². The molecule has 1 aromatic carbocycles. The molecule has 0 fully saturated rings. The Hall–Kier alpha value is -1.13. The van der Waals surface area contributed by atoms with E-state index in [0.717, 1.165) is 9.13 Å². The maximum Gasteiger partial charge on any atom is 0.405 e. The number of nitrogens with one attached hydrogen (secondary N) is 1. The van der Waals surface area contributed by atoms with Gasteiger partial charge in [0.1, 0.15) is 0 Å². The van der Waals surface area contributed by atoms with Gasteiger partial charge in [-0.15, -0.1) is 0 Å². The highest BCUT2D eigenvalue weighted by Crippen LogP contribution is 2.37. The van der Waals surface area contributed by atoms with Gasteiger partial charge in [-0.25, -0.2) is 4.79 Å². The standard InChI is InChI=1S/C17H27IN2O4Si/c1-11(24-16(19)22)15(21)20-13-8-7-12(14(18)9-13)10-23-25(5,6)17(2,3)4/h7-9,11H,10H2,1-6H3,(H2,19,22)(H,20,21)/t11-/m0/s1. The number of carbonyl (C=O) groups is 2. The van der Waals surface area contributed by atoms with E-state index in [4.69, 9.17) is 10.2 Å². The van der Waals surface area contributed by atoms with Crippen molar-refractivity contribution in [3.63, 3.8) is 0 Å². The predicted molar refractivity (Wildman–Crippen MR) is 110 cm³/mol. The van der Waals surface area contributed by atoms with Crippen LogP contribution in [0.25, 0.3) is 0 Å². The number of hydrogen-bond donors (Lipinski definition) is 2. The third-order valence-corrected chi connectivity index (χ3v) is 9.86. The number of rotatable bonds is 6. The quantitative estimate of drug-likeness (QED) is 0.473. The Morgan fingerprint density at radius 3 is 2.40 bits per heavy atom. The zero-order chi connectivity index (χ0) is 19.4. The Morgan fingerprint density at radius 1 is 1.32 bits per heavy atom. The highest BCUT2D eigenvalue weighted by molar-refractivity contribution is 14.1. The van der Waals surface area contributed by atoms with E-state index in [1.54, 1.807) is 6.07 Å². The molecule has 1 aromatic rings. The van der Waals surface area contributed by atoms with Crippen LogP contribution in [0.15, 0.2) is 18.2 Å². The summed E-state index contributed by atoms with van der Waals surface area (Å²) in [6.45, 7) is 13.1. The van der Waals surface area contributed by atoms with E-state index < -0.39 is 26.4 Å². The fraction of sp³-hybridized carbons (Fsp3) is 0.529. The van der Waals surface area contributed by atoms with Gasteiger partial charge >= 0.3 is 6.09 Å². The van der Waals surface area contributed by atoms with Gasteiger partial charge < -0.3 is 20.2 Å². The number of anilines is 1. The first-order chi connectivity index (χ1) is 11.3. The van der Waals surface area contributed by atoms with Crippen molar-refractivity contribution in [1.82, 2.24) is 0 Å². The first kappa shape index (κ1) is 21.9. The van der Waals surface area contributed by atoms with E-state index >= 15 is 0 Å². The molecular formula is C17H27IN2O4Si. The molecule has 0 aromatic heterocycles. The second-order valence-electron chi connectivity index (χ2n) is 7.42. The smallest absolute Gasteiger partial charge is 0.405 e. The van der Waals surface area contributed by atoms with Crippen LogP contribution >= 0.6 is 22.6 Å². The Labute approximate surface area is 164 Å². The van der Waals surface area contributed by atoms with Gasteiger partial charge in [0.05, 0.1) is 6.61 Å². The second kappa shape index (κ2) is 8.50. The van der Waals surface area contributed by atoms with Crippen LogP contribution in [0.4, 0.5) is 10.5 Å². The Morgan fingerprint density at radius 2 is 1.92 bits per heavy atom. The normalized spacial score (nSPS) is 13.2. The van der Waals surface area contributed by atoms with E-state index in [9.17, 15) is 9.59 Å². The molecule has 0 aliphatic heterocycles. The average Bonchev–Trinajstić information content (AvgIpc) is 2.44. The minimum Gasteiger partial charge on any atom is -0.437 e. The number of halogens is 1. The minimum absolute atomic E-state index is 0.156. The number of hydrogen-bond acceptors (Lipinski definition) is 4. The van der Waals surface area contributed by atoms with Gasteiger partial charge in [-0.3, -0.25) is 4.79 Å². The summed E-state index contributed by atoms with van der Waals surface area (Å²) in [4.78, 5) is 22.6. The monoisotopic (exact) mass is 478 g/mol. The van der Waals surface area contributed by atoms with E-state index in [2.05, 4.69) is 66.5 Å². The van der Waals surface area contributed by atoms with Crippen LogP contribution in [0.5, 0.6) is 0 Å². The van der Waals surface area contributed by atoms with Gasteiger partial charge in [0, 0.05) is 9.26 Å². The highest BCUT2D eigenvalue weighted by Gasteiger charge is 2.37. The lowest BCUT2D eigenvalue weighted by Crippen LogP contribution is -2.40. The van der Waals surface area contributed by atoms with Crippen molar-refractivity contribution in [2.75, 3.05) is 5.32 Å². The first-order valence-electron chi connectivity index (χ1n) is 8.03. The summed E-state index contributed by atoms with van der Waals surface area (Å²) in [5.41, 5.74) is 6.62. The predicted octanol–water partition coefficient (Wildman–Crippen LogP) is 4.24. The fourth-order valence-electron chi connectivity index (χ4n) is 1.69. The van der Waals surface area contributed by atoms with Gasteiger partial charge in [-0.05, 0) is 65.3 Å². The molecule has 0 aliphatic carbocycles. The summed E-state index contributed by atoms with van der Waals surface area (Å²) < 4.78 is 11.9. The van der Waals surface area contributed by atoms with Crippen LogP contribution in [0.3, 0.4) is 0 Å². The maximum atomic E-state index is 11.9. The lowest BCUT2D eigenvalue weighted by molar-refractivity contribution is -0.123. The molecule has 8 heteroatoms. The van der Waals surface area contributed by atoms with Crippen LogP contribution in [-0.2, 0) is 20.6 Å². The summed E-state index contributed by atoms with van der Waals surface area (Å²) in [5, 5.41) is 2.86. The van der Waals surface area contributed by atoms with Crippen LogP contribution in [0, 0.1) is 3.57 Å². The molecular weight excluding hydrogens is 451 g/mol. The van der Waals surface area contributed by atoms with Crippen molar-refractivity contribution in [2.45, 2.75) is 58.5 Å². The van der Waals surface area contributed by atoms with E-state index in [0.29, 0.717) is 12.3 Å². The van der Waals surface area contributed by atoms with E-state index in [-0.39, 0.29) is 5.04 Å². The molecule has 1 atom stereocenters. The zero-order valence-electron chi connectivity index (χ0n) is 15.6. The van der Waals surface area contributed by atoms with Crippen LogP contribution < -0.4 is 11.1 Å². The molecule has 1 rings (SSSR count). The fourth-order valence-corrected chi connectivity index (χ4v) is 3.31. The van der Waals surface area contributed by atoms with Crippen molar-refractivity contribution in [2.24, 2.45) is 5.73 Å². The lowest BCUT2D eigenvalue weighted by Gasteiger charge is -2.36. The van der Waals surface area contributed by atoms with Gasteiger partial charge in [0.15, 0.2) is 14.4 Å². The van der Waals surface area contributed by atoms with Crippen molar-refractivity contribution >= 4 is 48.6 Å². The zero-order valence-corrected chi connectivity index (χ0v) is 18.8. The van der Waals surface area contributed by atoms with Crippen molar-refractivity contribution < 1.29 is 18.8 Å². The van der Waals surface area contributed by atoms with E-state index in [1.165, 1.54) is 6.92 Å². The average molecular weight is 478 g/mol. The summed E-state index contributed by atoms with van der Waals surface area (Å²) in [5.74, 6) is -0.431. The lowest BCUT2D eigenvalue weighted by atomic mass is 10.2. The minimum atomic E-state index is -1.81. The van der Waals surface area contributed by atoms with Gasteiger partial charge in [0.25, 0.3) is 5.91 Å². The molecule has 3 N–H and O–H groups in total. The molecule has 0 saturated carbocycles. The Bertz CT molecular complexity index is 644. The number of ether oxygens (including phenoxy) is 1. The van der Waals surface area contributed by atoms with Gasteiger partial charge in [-0.1, -0.05) is 26.8 Å². The number of primary amides is 1. The molecule has 0 saturated heterocycles. The molecule has 0 radical (unpaired) electrons. The Kier molecular flexibility index (Phi) is 7.45. The summed E-state index contributed by atoms with van der Waals surface area (Å²) in [6.07, 6.45) is -1.92. The third-order valence-electron chi connectivity index (χ3n) is 4.38. The third kappa shape index (κ3) is 6.59. The summed E-state index contributed by atoms with van der Waals surface area (Å²) in [6, 6.07) is 5.60. The van der Waals surface area contributed by atoms with Crippen molar-refractivity contribution in [1.29, 1.82) is 0 Å². The molecule has 6 nitrogen and oxygen atoms in total. The Balaban J connectivity index is 2.74. The topological polar surface area (TPSA) is 90.7 Å². The molecule has 0 unspecified atom stereocenters. The van der Waals surface area contributed by atoms with Crippen molar-refractivity contribution in [3.8, 4) is 0 Å². The number of carbonyl (C=O) groups excluding carboxylic acids is 2. The molecule has 25 heavy (non-hydrogen) atoms. The van der Waals surface area contributed by atoms with Gasteiger partial charge in [-0.2, -0.15) is 0 Å². The second-order valence-corrected chi connectivity index (χ2v) is 13.4. The first-order valence-corrected chi connectivity index (χ1v) is 12.0. The van der Waals surface area contributed by atoms with Crippen LogP contribution in [0.1, 0.15) is 33.3 Å². The molecule has 140 valence electrons. The highest BCUT2D eigenvalue weighted by atomic mass is 127. The molecule has 0 bridgehead atoms. The van der Waals surface area contributed by atoms with E-state index in [1.807, 2.05) is 12.1 Å². The SMILES string of the molecule is C[C@H](OC(N)=O)C(=O)Nc1ccc(CO[Si](C)(C)C(C)(C)C)c(I)c1. The molecule has 0 aliphatic rings. The largest absolute Gasteiger partial charge is 0.437 e. The van der Waals surface area contributed by atoms with Crippen LogP contribution in [0.2, 0.25) is 18.1 Å². The number of benzene rings is 1. The number of amides is 2.